The number of benzene rings is 10. The Bertz CT molecular complexity index is 4170. The van der Waals surface area contributed by atoms with Gasteiger partial charge in [-0.15, -0.1) is 11.8 Å². The van der Waals surface area contributed by atoms with Crippen LogP contribution in [-0.4, -0.2) is 55.9 Å². The van der Waals surface area contributed by atoms with Gasteiger partial charge in [0.05, 0.1) is 17.1 Å². The van der Waals surface area contributed by atoms with Crippen molar-refractivity contribution >= 4 is 57.5 Å². The standard InChI is InChI=1S/C18H19NO2.C12H16N2O.C12H15NOS.C11H10.C10H14.C7H14.2C7H8.C6H12.C6H10.C6H6.C5H10.10C2H6.CH4/c1-12(2)19-18(20)21-11-17-15-9-5-3-7-13(15)14-8-4-6-10-16(14)17;1-3-14-11-8-9(2)4-5-10(11)13-7-6-12(14)15;1-3-13-10-8-9(2)4-5-11(10)15-7-6-12(13)14;1-9-6-7-10-4-2-3-5-11(10)8-9;1-9(2)8-10-6-4-3-5-7-10;3*1-7-5-3-2-4-6-7;2*1-6-4-2-3-5-6;1-2-4-6-5-3-1;1-5-3-2-4-5;10*1-2;/h3-10,12,17H,11H2,1-2H3,(H,19,20);4-5,8,13H,3,6-7H2,1-2H3;4-5,8H,3,6-7H2,1-2H3;2-8H,1H3;3-7,9H,8H2,1-2H3;7H,2-6H2,1H3;2*2-6H,1H3;6H,2-5H2,1H3;2,4,6H,3,5H2,1H3;1-6H;5H,2-4H2,1H3;10*1-2H3;1H4. The molecule has 0 spiro atoms. The highest BCUT2D eigenvalue weighted by atomic mass is 32.2. The summed E-state index contributed by atoms with van der Waals surface area (Å²) in [5, 5.41) is 8.68. The number of carbonyl (C=O) groups excluding carboxylic acids is 3. The smallest absolute Gasteiger partial charge is 0.407 e. The van der Waals surface area contributed by atoms with Crippen molar-refractivity contribution in [2.45, 2.75) is 376 Å². The number of rotatable bonds is 7. The molecule has 3 amide bonds. The van der Waals surface area contributed by atoms with Gasteiger partial charge in [-0.05, 0) is 185 Å². The molecule has 137 heavy (non-hydrogen) atoms. The number of ether oxygens (including phenoxy) is 1. The topological polar surface area (TPSA) is 91.0 Å². The summed E-state index contributed by atoms with van der Waals surface area (Å²) in [6.07, 6.45) is 27.1. The normalized spacial score (nSPS) is 13.5. The van der Waals surface area contributed by atoms with Crippen LogP contribution in [0.2, 0.25) is 0 Å². The molecule has 8 nitrogen and oxygen atoms in total. The molecule has 5 aliphatic carbocycles. The predicted octanol–water partition coefficient (Wildman–Crippen LogP) is 40.1. The molecule has 10 aromatic rings. The first kappa shape index (κ1) is 138. The summed E-state index contributed by atoms with van der Waals surface area (Å²) in [5.74, 6) is 6.24. The van der Waals surface area contributed by atoms with E-state index in [0.717, 1.165) is 72.0 Å². The van der Waals surface area contributed by atoms with Gasteiger partial charge in [-0.3, -0.25) is 9.59 Å². The van der Waals surface area contributed by atoms with E-state index in [1.54, 1.807) is 11.8 Å². The molecule has 2 N–H and O–H groups in total. The molecule has 10 aromatic carbocycles. The summed E-state index contributed by atoms with van der Waals surface area (Å²) in [7, 11) is 0. The van der Waals surface area contributed by atoms with Gasteiger partial charge >= 0.3 is 6.09 Å². The van der Waals surface area contributed by atoms with Gasteiger partial charge in [0.1, 0.15) is 6.61 Å². The van der Waals surface area contributed by atoms with Crippen LogP contribution in [0.15, 0.2) is 272 Å². The highest BCUT2D eigenvalue weighted by Gasteiger charge is 2.29. The average Bonchev–Trinajstić information content (AvgIpc) is 1.61. The van der Waals surface area contributed by atoms with Crippen molar-refractivity contribution in [1.82, 2.24) is 5.32 Å². The van der Waals surface area contributed by atoms with E-state index in [2.05, 4.69) is 244 Å². The third kappa shape index (κ3) is 65.2. The molecule has 17 rings (SSSR count). The van der Waals surface area contributed by atoms with Gasteiger partial charge in [0.15, 0.2) is 0 Å². The number of allylic oxidation sites excluding steroid dienone is 2. The fourth-order valence-electron chi connectivity index (χ4n) is 14.3. The van der Waals surface area contributed by atoms with E-state index in [1.165, 1.54) is 168 Å². The highest BCUT2D eigenvalue weighted by molar-refractivity contribution is 7.99. The Morgan fingerprint density at radius 2 is 0.781 bits per heavy atom. The molecule has 2 heterocycles. The number of fused-ring (bicyclic) bond motifs is 6. The Labute approximate surface area is 851 Å². The summed E-state index contributed by atoms with van der Waals surface area (Å²) in [6, 6.07) is 87.3. The zero-order valence-electron chi connectivity index (χ0n) is 93.4. The molecule has 3 fully saturated rings. The number of aryl methyl sites for hydroxylation is 5. The second-order valence-electron chi connectivity index (χ2n) is 32.7. The van der Waals surface area contributed by atoms with Gasteiger partial charge in [-0.2, -0.15) is 0 Å². The van der Waals surface area contributed by atoms with Crippen LogP contribution < -0.4 is 20.4 Å². The van der Waals surface area contributed by atoms with Gasteiger partial charge < -0.3 is 25.2 Å². The SMILES string of the molecule is C.CC.CC.CC.CC.CC.CC.CC.CC.CC.CC.CC(C)Cc1ccccc1.CC(C)NC(=O)OCC1c2ccccc2-c2ccccc21.CC1C=CCC1.CC1CCC1.CC1CCCC1.CC1CCCCC1.CCN1C(=O)CCNc2ccc(C)cc21.CCN1C(=O)CCSc2ccc(C)cc21.Cc1ccc2ccccc2c1.Cc1ccccc1.Cc1ccccc1.c1ccccc1. The molecule has 1 atom stereocenters. The Kier molecular flexibility index (Phi) is 96.4. The van der Waals surface area contributed by atoms with Gasteiger partial charge in [0, 0.05) is 55.1 Å². The van der Waals surface area contributed by atoms with E-state index < -0.39 is 0 Å². The molecule has 0 radical (unpaired) electrons. The molecule has 9 heteroatoms. The van der Waals surface area contributed by atoms with E-state index in [1.807, 2.05) is 286 Å². The van der Waals surface area contributed by atoms with E-state index in [9.17, 15) is 14.4 Å². The van der Waals surface area contributed by atoms with E-state index in [4.69, 9.17) is 4.74 Å². The largest absolute Gasteiger partial charge is 0.449 e. The summed E-state index contributed by atoms with van der Waals surface area (Å²) < 4.78 is 5.40. The van der Waals surface area contributed by atoms with Crippen molar-refractivity contribution in [3.05, 3.63) is 311 Å². The number of hydrogen-bond donors (Lipinski definition) is 2. The monoisotopic (exact) mass is 1900 g/mol. The van der Waals surface area contributed by atoms with Crippen LogP contribution in [0.25, 0.3) is 21.9 Å². The third-order valence-electron chi connectivity index (χ3n) is 21.2. The Morgan fingerprint density at radius 3 is 1.15 bits per heavy atom. The van der Waals surface area contributed by atoms with Crippen LogP contribution in [0.5, 0.6) is 0 Å². The lowest BCUT2D eigenvalue weighted by Gasteiger charge is -2.21. The zero-order chi connectivity index (χ0) is 104. The number of amides is 3. The van der Waals surface area contributed by atoms with E-state index in [0.29, 0.717) is 19.4 Å². The van der Waals surface area contributed by atoms with Crippen molar-refractivity contribution in [1.29, 1.82) is 0 Å². The third-order valence-corrected chi connectivity index (χ3v) is 22.3. The minimum Gasteiger partial charge on any atom is -0.449 e. The van der Waals surface area contributed by atoms with Gasteiger partial charge in [0.2, 0.25) is 11.8 Å². The minimum atomic E-state index is -0.355. The number of carbonyl (C=O) groups is 3. The fourth-order valence-corrected chi connectivity index (χ4v) is 15.3. The Morgan fingerprint density at radius 1 is 0.409 bits per heavy atom. The number of anilines is 3. The van der Waals surface area contributed by atoms with Crippen LogP contribution in [0.1, 0.15) is 368 Å². The molecule has 0 saturated heterocycles. The molecule has 0 bridgehead atoms. The van der Waals surface area contributed by atoms with E-state index in [-0.39, 0.29) is 37.3 Å². The van der Waals surface area contributed by atoms with Crippen LogP contribution in [0.3, 0.4) is 0 Å². The lowest BCUT2D eigenvalue weighted by atomic mass is 9.88. The van der Waals surface area contributed by atoms with Gasteiger partial charge in [-0.25, -0.2) is 4.79 Å². The van der Waals surface area contributed by atoms with Crippen molar-refractivity contribution in [3.8, 4) is 11.1 Å². The molecule has 7 aliphatic rings. The Balaban J connectivity index is -0.000000342. The van der Waals surface area contributed by atoms with Crippen molar-refractivity contribution in [3.63, 3.8) is 0 Å². The predicted molar refractivity (Wildman–Crippen MR) is 623 cm³/mol. The number of hydrogen-bond acceptors (Lipinski definition) is 6. The molecule has 2 aliphatic heterocycles. The second kappa shape index (κ2) is 95.5. The average molecular weight is 1900 g/mol. The lowest BCUT2D eigenvalue weighted by molar-refractivity contribution is -0.119. The van der Waals surface area contributed by atoms with Crippen LogP contribution in [0, 0.1) is 64.2 Å². The molecular weight excluding hydrogens is 1690 g/mol. The maximum Gasteiger partial charge on any atom is 0.407 e. The lowest BCUT2D eigenvalue weighted by Crippen LogP contribution is -2.31. The maximum absolute atomic E-state index is 11.8. The maximum atomic E-state index is 11.8. The van der Waals surface area contributed by atoms with Gasteiger partial charge in [-0.1, -0.05) is 524 Å². The Hall–Kier alpha value is -9.44. The number of thioether (sulfide) groups is 1. The summed E-state index contributed by atoms with van der Waals surface area (Å²) in [5.41, 5.74) is 15.9. The molecule has 768 valence electrons. The number of alkyl carbamates (subject to hydrolysis) is 1. The van der Waals surface area contributed by atoms with Crippen molar-refractivity contribution < 1.29 is 19.1 Å². The first-order valence-electron chi connectivity index (χ1n) is 53.6. The highest BCUT2D eigenvalue weighted by Crippen LogP contribution is 2.45. The zero-order valence-corrected chi connectivity index (χ0v) is 94.3. The van der Waals surface area contributed by atoms with E-state index >= 15 is 0 Å². The summed E-state index contributed by atoms with van der Waals surface area (Å²) >= 11 is 1.78. The molecule has 1 unspecified atom stereocenters. The van der Waals surface area contributed by atoms with Crippen LogP contribution in [-0.2, 0) is 20.7 Å². The van der Waals surface area contributed by atoms with Crippen molar-refractivity contribution in [2.24, 2.45) is 29.6 Å². The molecule has 3 saturated carbocycles. The summed E-state index contributed by atoms with van der Waals surface area (Å²) in [4.78, 5) is 40.3. The molecule has 0 aromatic heterocycles. The fraction of sp³-hybridized carbons (Fsp3) is 0.508. The quantitative estimate of drug-likeness (QED) is 0.155. The minimum absolute atomic E-state index is 0. The van der Waals surface area contributed by atoms with Crippen LogP contribution >= 0.6 is 11.8 Å². The van der Waals surface area contributed by atoms with Gasteiger partial charge in [0.25, 0.3) is 0 Å². The number of nitrogens with one attached hydrogen (secondary N) is 2. The molecular formula is C128H206N4O4S. The number of nitrogens with zero attached hydrogens (tertiary/aromatic N) is 2. The first-order valence-corrected chi connectivity index (χ1v) is 54.6. The second-order valence-corrected chi connectivity index (χ2v) is 33.9. The van der Waals surface area contributed by atoms with Crippen molar-refractivity contribution in [2.75, 3.05) is 47.1 Å². The summed E-state index contributed by atoms with van der Waals surface area (Å²) in [6.45, 7) is 74.6. The first-order chi connectivity index (χ1) is 66.1. The van der Waals surface area contributed by atoms with Crippen LogP contribution in [0.4, 0.5) is 21.9 Å².